The molecule has 1 rings (SSSR count). The van der Waals surface area contributed by atoms with Gasteiger partial charge >= 0.3 is 0 Å². The molecule has 0 spiro atoms. The third-order valence-corrected chi connectivity index (χ3v) is 2.42. The van der Waals surface area contributed by atoms with Crippen molar-refractivity contribution >= 4 is 22.6 Å². The Balaban J connectivity index is 2.10. The molecule has 2 N–H and O–H groups in total. The van der Waals surface area contributed by atoms with Gasteiger partial charge in [0.25, 0.3) is 0 Å². The molecule has 1 nitrogen and oxygen atoms in total. The maximum Gasteiger partial charge on any atom is 0.0157 e. The van der Waals surface area contributed by atoms with Crippen LogP contribution in [0.5, 0.6) is 0 Å². The van der Waals surface area contributed by atoms with Crippen molar-refractivity contribution in [2.75, 3.05) is 4.43 Å². The monoisotopic (exact) mass is 211 g/mol. The van der Waals surface area contributed by atoms with Gasteiger partial charge in [0.1, 0.15) is 0 Å². The average Bonchev–Trinajstić information content (AvgIpc) is 2.44. The van der Waals surface area contributed by atoms with E-state index in [1.807, 2.05) is 0 Å². The van der Waals surface area contributed by atoms with Crippen LogP contribution in [0.2, 0.25) is 0 Å². The molecule has 1 atom stereocenters. The average molecular weight is 211 g/mol. The highest BCUT2D eigenvalue weighted by molar-refractivity contribution is 14.1. The molecule has 1 fully saturated rings. The molecule has 0 aromatic rings. The number of nitrogens with two attached hydrogens (primary N) is 1. The van der Waals surface area contributed by atoms with Gasteiger partial charge in [0.05, 0.1) is 0 Å². The highest BCUT2D eigenvalue weighted by Crippen LogP contribution is 2.31. The molecule has 0 heterocycles. The van der Waals surface area contributed by atoms with Crippen LogP contribution >= 0.6 is 22.6 Å². The number of alkyl halides is 1. The van der Waals surface area contributed by atoms with E-state index in [1.54, 1.807) is 0 Å². The van der Waals surface area contributed by atoms with Crippen LogP contribution in [0.1, 0.15) is 12.8 Å². The van der Waals surface area contributed by atoms with Crippen LogP contribution in [0.15, 0.2) is 0 Å². The van der Waals surface area contributed by atoms with Gasteiger partial charge in [-0.25, -0.2) is 0 Å². The molecule has 0 bridgehead atoms. The zero-order valence-electron chi connectivity index (χ0n) is 4.23. The minimum absolute atomic E-state index is 0.501. The molecule has 2 heteroatoms. The fourth-order valence-corrected chi connectivity index (χ4v) is 1.37. The molecule has 1 saturated carbocycles. The van der Waals surface area contributed by atoms with Gasteiger partial charge in [-0.05, 0) is 18.8 Å². The van der Waals surface area contributed by atoms with Gasteiger partial charge in [-0.2, -0.15) is 0 Å². The molecule has 0 radical (unpaired) electrons. The maximum atomic E-state index is 5.67. The molecule has 0 aromatic carbocycles. The van der Waals surface area contributed by atoms with Crippen LogP contribution in [0.4, 0.5) is 0 Å². The van der Waals surface area contributed by atoms with Crippen molar-refractivity contribution in [2.24, 2.45) is 11.7 Å². The SMILES string of the molecule is NC(CI)C1CC1. The summed E-state index contributed by atoms with van der Waals surface area (Å²) in [5, 5.41) is 0. The first kappa shape index (κ1) is 5.82. The second-order valence-electron chi connectivity index (χ2n) is 2.16. The van der Waals surface area contributed by atoms with E-state index in [0.29, 0.717) is 6.04 Å². The smallest absolute Gasteiger partial charge is 0.0157 e. The summed E-state index contributed by atoms with van der Waals surface area (Å²) < 4.78 is 1.13. The Kier molecular flexibility index (Phi) is 1.92. The Hall–Kier alpha value is 0.690. The zero-order valence-corrected chi connectivity index (χ0v) is 6.39. The Morgan fingerprint density at radius 2 is 2.29 bits per heavy atom. The standard InChI is InChI=1S/C5H10IN/c6-3-5(7)4-1-2-4/h4-5H,1-3,7H2. The van der Waals surface area contributed by atoms with Gasteiger partial charge in [0.2, 0.25) is 0 Å². The molecule has 7 heavy (non-hydrogen) atoms. The topological polar surface area (TPSA) is 26.0 Å². The van der Waals surface area contributed by atoms with Crippen molar-refractivity contribution in [1.82, 2.24) is 0 Å². The summed E-state index contributed by atoms with van der Waals surface area (Å²) in [4.78, 5) is 0. The van der Waals surface area contributed by atoms with E-state index in [4.69, 9.17) is 5.73 Å². The van der Waals surface area contributed by atoms with Crippen molar-refractivity contribution in [3.05, 3.63) is 0 Å². The third kappa shape index (κ3) is 1.57. The summed E-state index contributed by atoms with van der Waals surface area (Å²) >= 11 is 2.34. The lowest BCUT2D eigenvalue weighted by atomic mass is 10.2. The Labute approximate surface area is 57.8 Å². The Bertz CT molecular complexity index is 61.1. The quantitative estimate of drug-likeness (QED) is 0.538. The predicted molar refractivity (Wildman–Crippen MR) is 39.6 cm³/mol. The fraction of sp³-hybridized carbons (Fsp3) is 1.00. The van der Waals surface area contributed by atoms with Gasteiger partial charge in [-0.1, -0.05) is 22.6 Å². The van der Waals surface area contributed by atoms with Crippen LogP contribution in [-0.2, 0) is 0 Å². The first-order valence-corrected chi connectivity index (χ1v) is 4.18. The van der Waals surface area contributed by atoms with Crippen molar-refractivity contribution in [1.29, 1.82) is 0 Å². The minimum Gasteiger partial charge on any atom is -0.327 e. The van der Waals surface area contributed by atoms with Crippen LogP contribution in [0.25, 0.3) is 0 Å². The molecular formula is C5H10IN. The normalized spacial score (nSPS) is 24.9. The molecule has 1 unspecified atom stereocenters. The lowest BCUT2D eigenvalue weighted by Gasteiger charge is -2.01. The molecule has 42 valence electrons. The fourth-order valence-electron chi connectivity index (χ4n) is 0.650. The summed E-state index contributed by atoms with van der Waals surface area (Å²) in [6.07, 6.45) is 2.76. The van der Waals surface area contributed by atoms with Gasteiger partial charge in [0.15, 0.2) is 0 Å². The molecule has 0 aromatic heterocycles. The second-order valence-corrected chi connectivity index (χ2v) is 3.04. The van der Waals surface area contributed by atoms with Gasteiger partial charge in [0, 0.05) is 10.5 Å². The van der Waals surface area contributed by atoms with Crippen molar-refractivity contribution < 1.29 is 0 Å². The van der Waals surface area contributed by atoms with Crippen LogP contribution < -0.4 is 5.73 Å². The molecule has 0 amide bonds. The van der Waals surface area contributed by atoms with Gasteiger partial charge < -0.3 is 5.73 Å². The first-order chi connectivity index (χ1) is 3.34. The van der Waals surface area contributed by atoms with Crippen LogP contribution in [0, 0.1) is 5.92 Å². The van der Waals surface area contributed by atoms with Crippen LogP contribution in [0.3, 0.4) is 0 Å². The number of rotatable bonds is 2. The highest BCUT2D eigenvalue weighted by Gasteiger charge is 2.26. The summed E-state index contributed by atoms with van der Waals surface area (Å²) in [6.45, 7) is 0. The van der Waals surface area contributed by atoms with E-state index in [9.17, 15) is 0 Å². The summed E-state index contributed by atoms with van der Waals surface area (Å²) in [7, 11) is 0. The number of halogens is 1. The minimum atomic E-state index is 0.501. The van der Waals surface area contributed by atoms with E-state index in [1.165, 1.54) is 12.8 Å². The summed E-state index contributed by atoms with van der Waals surface area (Å²) in [6, 6.07) is 0.501. The first-order valence-electron chi connectivity index (χ1n) is 2.66. The van der Waals surface area contributed by atoms with E-state index >= 15 is 0 Å². The molecule has 0 saturated heterocycles. The van der Waals surface area contributed by atoms with Gasteiger partial charge in [-0.3, -0.25) is 0 Å². The predicted octanol–water partition coefficient (Wildman–Crippen LogP) is 1.16. The lowest BCUT2D eigenvalue weighted by Crippen LogP contribution is -2.23. The van der Waals surface area contributed by atoms with E-state index in [2.05, 4.69) is 22.6 Å². The lowest BCUT2D eigenvalue weighted by molar-refractivity contribution is 0.667. The van der Waals surface area contributed by atoms with Crippen molar-refractivity contribution in [2.45, 2.75) is 18.9 Å². The second kappa shape index (κ2) is 2.31. The van der Waals surface area contributed by atoms with Gasteiger partial charge in [-0.15, -0.1) is 0 Å². The maximum absolute atomic E-state index is 5.67. The largest absolute Gasteiger partial charge is 0.327 e. The highest BCUT2D eigenvalue weighted by atomic mass is 127. The van der Waals surface area contributed by atoms with E-state index in [-0.39, 0.29) is 0 Å². The Morgan fingerprint density at radius 1 is 1.71 bits per heavy atom. The van der Waals surface area contributed by atoms with Crippen LogP contribution in [-0.4, -0.2) is 10.5 Å². The number of hydrogen-bond acceptors (Lipinski definition) is 1. The van der Waals surface area contributed by atoms with E-state index in [0.717, 1.165) is 10.3 Å². The Morgan fingerprint density at radius 3 is 2.43 bits per heavy atom. The molecule has 1 aliphatic rings. The third-order valence-electron chi connectivity index (χ3n) is 1.41. The molecule has 0 aliphatic heterocycles. The molecular weight excluding hydrogens is 201 g/mol. The van der Waals surface area contributed by atoms with Crippen molar-refractivity contribution in [3.63, 3.8) is 0 Å². The summed E-state index contributed by atoms with van der Waals surface area (Å²) in [5.41, 5.74) is 5.67. The zero-order chi connectivity index (χ0) is 5.28. The number of hydrogen-bond donors (Lipinski definition) is 1. The van der Waals surface area contributed by atoms with Crippen molar-refractivity contribution in [3.8, 4) is 0 Å². The molecule has 1 aliphatic carbocycles. The van der Waals surface area contributed by atoms with E-state index < -0.39 is 0 Å². The summed E-state index contributed by atoms with van der Waals surface area (Å²) in [5.74, 6) is 0.886.